The summed E-state index contributed by atoms with van der Waals surface area (Å²) in [7, 11) is 0. The smallest absolute Gasteiger partial charge is 0.350 e. The maximum Gasteiger partial charge on any atom is 0.350 e. The van der Waals surface area contributed by atoms with Crippen LogP contribution in [0.15, 0.2) is 16.7 Å². The van der Waals surface area contributed by atoms with Crippen LogP contribution in [-0.2, 0) is 9.84 Å². The zero-order valence-corrected chi connectivity index (χ0v) is 7.57. The van der Waals surface area contributed by atoms with E-state index in [1.165, 1.54) is 12.3 Å². The number of furan rings is 1. The number of carbonyl (C=O) groups excluding carboxylic acids is 1. The molecule has 1 heterocycles. The van der Waals surface area contributed by atoms with Crippen molar-refractivity contribution in [1.29, 1.82) is 0 Å². The van der Waals surface area contributed by atoms with Gasteiger partial charge in [-0.05, 0) is 12.0 Å². The molecule has 0 atom stereocenters. The van der Waals surface area contributed by atoms with E-state index in [1.54, 1.807) is 0 Å². The third-order valence-electron chi connectivity index (χ3n) is 1.40. The zero-order valence-electron chi connectivity index (χ0n) is 7.57. The second-order valence-corrected chi connectivity index (χ2v) is 3.11. The first-order valence-electron chi connectivity index (χ1n) is 4.03. The van der Waals surface area contributed by atoms with Gasteiger partial charge in [0.05, 0.1) is 12.9 Å². The molecule has 0 aliphatic carbocycles. The normalized spacial score (nSPS) is 10.4. The van der Waals surface area contributed by atoms with Crippen molar-refractivity contribution in [1.82, 2.24) is 0 Å². The lowest BCUT2D eigenvalue weighted by Gasteiger charge is -2.04. The van der Waals surface area contributed by atoms with Gasteiger partial charge in [-0.25, -0.2) is 9.90 Å². The van der Waals surface area contributed by atoms with Gasteiger partial charge in [0.1, 0.15) is 5.56 Å². The van der Waals surface area contributed by atoms with Crippen molar-refractivity contribution >= 4 is 5.97 Å². The molecule has 0 amide bonds. The van der Waals surface area contributed by atoms with Crippen LogP contribution in [0.2, 0.25) is 0 Å². The van der Waals surface area contributed by atoms with Crippen molar-refractivity contribution < 1.29 is 19.1 Å². The van der Waals surface area contributed by atoms with Gasteiger partial charge in [-0.3, -0.25) is 0 Å². The Hall–Kier alpha value is -1.45. The number of hydrogen-bond acceptors (Lipinski definition) is 3. The number of hydrogen-bond donors (Lipinski definition) is 0. The Morgan fingerprint density at radius 3 is 2.77 bits per heavy atom. The quantitative estimate of drug-likeness (QED) is 0.675. The van der Waals surface area contributed by atoms with E-state index < -0.39 is 11.9 Å². The molecular formula is C9H11O4. The number of esters is 1. The molecule has 0 bridgehead atoms. The molecule has 0 aromatic carbocycles. The standard InChI is InChI=1S/C9H11O4/c1-6(2)5-13-9(11)7-3-4-12-8(7)10/h3-4,6H,5H2,1-2H3. The Kier molecular flexibility index (Phi) is 2.95. The predicted octanol–water partition coefficient (Wildman–Crippen LogP) is 2.24. The first-order valence-corrected chi connectivity index (χ1v) is 4.03. The summed E-state index contributed by atoms with van der Waals surface area (Å²) in [6.45, 7) is 4.14. The molecule has 0 saturated heterocycles. The van der Waals surface area contributed by atoms with E-state index in [0.29, 0.717) is 6.61 Å². The van der Waals surface area contributed by atoms with E-state index in [1.807, 2.05) is 13.8 Å². The maximum absolute atomic E-state index is 11.1. The minimum Gasteiger partial charge on any atom is -0.462 e. The molecule has 4 heteroatoms. The lowest BCUT2D eigenvalue weighted by molar-refractivity contribution is 0.0450. The fourth-order valence-electron chi connectivity index (χ4n) is 0.767. The zero-order chi connectivity index (χ0) is 9.84. The van der Waals surface area contributed by atoms with Crippen molar-refractivity contribution in [3.8, 4) is 5.95 Å². The van der Waals surface area contributed by atoms with Gasteiger partial charge >= 0.3 is 11.9 Å². The number of ether oxygens (including phenoxy) is 1. The topological polar surface area (TPSA) is 59.3 Å². The summed E-state index contributed by atoms with van der Waals surface area (Å²) in [4.78, 5) is 11.1. The third-order valence-corrected chi connectivity index (χ3v) is 1.40. The summed E-state index contributed by atoms with van der Waals surface area (Å²) in [6.07, 6.45) is 1.17. The summed E-state index contributed by atoms with van der Waals surface area (Å²) in [5, 5.41) is 10.8. The highest BCUT2D eigenvalue weighted by molar-refractivity contribution is 5.91. The Bertz CT molecular complexity index is 288. The second kappa shape index (κ2) is 3.98. The van der Waals surface area contributed by atoms with E-state index in [9.17, 15) is 9.90 Å². The Labute approximate surface area is 76.1 Å². The first kappa shape index (κ1) is 9.64. The van der Waals surface area contributed by atoms with Crippen LogP contribution in [0.1, 0.15) is 24.2 Å². The highest BCUT2D eigenvalue weighted by Crippen LogP contribution is 2.19. The fraction of sp³-hybridized carbons (Fsp3) is 0.444. The number of rotatable bonds is 3. The summed E-state index contributed by atoms with van der Waals surface area (Å²) in [5.74, 6) is -1.01. The molecule has 13 heavy (non-hydrogen) atoms. The van der Waals surface area contributed by atoms with Crippen LogP contribution in [0.3, 0.4) is 0 Å². The van der Waals surface area contributed by atoms with Gasteiger partial charge in [-0.15, -0.1) is 0 Å². The molecule has 1 radical (unpaired) electrons. The molecule has 0 spiro atoms. The van der Waals surface area contributed by atoms with Crippen molar-refractivity contribution in [2.75, 3.05) is 6.61 Å². The van der Waals surface area contributed by atoms with E-state index in [0.717, 1.165) is 0 Å². The van der Waals surface area contributed by atoms with Crippen LogP contribution in [0.4, 0.5) is 0 Å². The lowest BCUT2D eigenvalue weighted by Crippen LogP contribution is -2.09. The van der Waals surface area contributed by atoms with Crippen LogP contribution in [0.25, 0.3) is 0 Å². The lowest BCUT2D eigenvalue weighted by atomic mass is 10.2. The van der Waals surface area contributed by atoms with E-state index in [2.05, 4.69) is 4.42 Å². The highest BCUT2D eigenvalue weighted by atomic mass is 16.5. The first-order chi connectivity index (χ1) is 6.11. The molecule has 0 fully saturated rings. The van der Waals surface area contributed by atoms with E-state index in [4.69, 9.17) is 4.74 Å². The molecule has 1 aromatic heterocycles. The Morgan fingerprint density at radius 1 is 1.62 bits per heavy atom. The van der Waals surface area contributed by atoms with Crippen molar-refractivity contribution in [3.05, 3.63) is 17.9 Å². The molecule has 0 aliphatic rings. The van der Waals surface area contributed by atoms with Crippen LogP contribution >= 0.6 is 0 Å². The summed E-state index contributed by atoms with van der Waals surface area (Å²) < 4.78 is 9.27. The third kappa shape index (κ3) is 2.50. The fourth-order valence-corrected chi connectivity index (χ4v) is 0.767. The van der Waals surface area contributed by atoms with Gasteiger partial charge in [-0.1, -0.05) is 13.8 Å². The van der Waals surface area contributed by atoms with Gasteiger partial charge in [0.15, 0.2) is 0 Å². The van der Waals surface area contributed by atoms with E-state index in [-0.39, 0.29) is 11.5 Å². The molecule has 1 aromatic rings. The molecule has 71 valence electrons. The van der Waals surface area contributed by atoms with Gasteiger partial charge < -0.3 is 9.15 Å². The molecule has 0 N–H and O–H groups in total. The van der Waals surface area contributed by atoms with Crippen molar-refractivity contribution in [3.63, 3.8) is 0 Å². The summed E-state index contributed by atoms with van der Waals surface area (Å²) >= 11 is 0. The van der Waals surface area contributed by atoms with Gasteiger partial charge in [0.25, 0.3) is 0 Å². The van der Waals surface area contributed by atoms with Crippen LogP contribution < -0.4 is 0 Å². The molecule has 1 rings (SSSR count). The monoisotopic (exact) mass is 183 g/mol. The average molecular weight is 183 g/mol. The molecule has 0 aliphatic heterocycles. The minimum absolute atomic E-state index is 0.0411. The SMILES string of the molecule is CC(C)COC(=O)c1ccoc1[O]. The largest absolute Gasteiger partial charge is 0.462 e. The van der Waals surface area contributed by atoms with E-state index >= 15 is 0 Å². The van der Waals surface area contributed by atoms with Gasteiger partial charge in [0.2, 0.25) is 0 Å². The van der Waals surface area contributed by atoms with Crippen LogP contribution in [0, 0.1) is 5.92 Å². The summed E-state index contributed by atoms with van der Waals surface area (Å²) in [6, 6.07) is 1.31. The van der Waals surface area contributed by atoms with Crippen LogP contribution in [-0.4, -0.2) is 12.6 Å². The predicted molar refractivity (Wildman–Crippen MR) is 44.0 cm³/mol. The average Bonchev–Trinajstić information content (AvgIpc) is 2.47. The van der Waals surface area contributed by atoms with Crippen molar-refractivity contribution in [2.24, 2.45) is 5.92 Å². The highest BCUT2D eigenvalue weighted by Gasteiger charge is 2.16. The Balaban J connectivity index is 2.54. The maximum atomic E-state index is 11.1. The molecular weight excluding hydrogens is 172 g/mol. The molecule has 4 nitrogen and oxygen atoms in total. The minimum atomic E-state index is -0.645. The number of carbonyl (C=O) groups is 1. The van der Waals surface area contributed by atoms with Crippen molar-refractivity contribution in [2.45, 2.75) is 13.8 Å². The second-order valence-electron chi connectivity index (χ2n) is 3.11. The Morgan fingerprint density at radius 2 is 2.31 bits per heavy atom. The molecule has 0 saturated carbocycles. The van der Waals surface area contributed by atoms with Crippen LogP contribution in [0.5, 0.6) is 5.95 Å². The van der Waals surface area contributed by atoms with Gasteiger partial charge in [-0.2, -0.15) is 0 Å². The summed E-state index contributed by atoms with van der Waals surface area (Å²) in [5.41, 5.74) is -0.0411. The molecule has 0 unspecified atom stereocenters. The van der Waals surface area contributed by atoms with Gasteiger partial charge in [0, 0.05) is 0 Å².